The molecule has 0 saturated carbocycles. The summed E-state index contributed by atoms with van der Waals surface area (Å²) in [5, 5.41) is 5.11. The fourth-order valence-corrected chi connectivity index (χ4v) is 5.31. The molecule has 2 fully saturated rings. The van der Waals surface area contributed by atoms with Crippen LogP contribution in [0.5, 0.6) is 11.5 Å². The fraction of sp³-hybridized carbons (Fsp3) is 0.417. The molecule has 3 aromatic rings. The van der Waals surface area contributed by atoms with E-state index in [-0.39, 0.29) is 12.4 Å². The van der Waals surface area contributed by atoms with Gasteiger partial charge in [-0.05, 0) is 62.9 Å². The van der Waals surface area contributed by atoms with Crippen molar-refractivity contribution in [3.63, 3.8) is 0 Å². The number of ether oxygens (including phenoxy) is 2. The molecule has 3 heterocycles. The van der Waals surface area contributed by atoms with E-state index in [1.807, 2.05) is 18.2 Å². The molecule has 5 rings (SSSR count). The fourth-order valence-electron chi connectivity index (χ4n) is 5.01. The first-order valence-electron chi connectivity index (χ1n) is 10.9. The third-order valence-corrected chi connectivity index (χ3v) is 7.51. The zero-order valence-electron chi connectivity index (χ0n) is 18.6. The van der Waals surface area contributed by atoms with Gasteiger partial charge in [-0.25, -0.2) is 9.97 Å². The number of piperidine rings is 1. The average molecular weight is 510 g/mol. The number of benzene rings is 2. The van der Waals surface area contributed by atoms with Crippen molar-refractivity contribution in [1.29, 1.82) is 0 Å². The van der Waals surface area contributed by atoms with Gasteiger partial charge in [-0.15, -0.1) is 12.4 Å². The zero-order valence-corrected chi connectivity index (χ0v) is 20.9. The van der Waals surface area contributed by atoms with E-state index >= 15 is 0 Å². The highest BCUT2D eigenvalue weighted by atomic mass is 35.5. The van der Waals surface area contributed by atoms with Gasteiger partial charge in [0.2, 0.25) is 0 Å². The summed E-state index contributed by atoms with van der Waals surface area (Å²) in [5.74, 6) is 2.61. The van der Waals surface area contributed by atoms with Crippen LogP contribution in [0.1, 0.15) is 25.7 Å². The molecular weight excluding hydrogens is 483 g/mol. The molecule has 3 atom stereocenters. The van der Waals surface area contributed by atoms with Gasteiger partial charge in [-0.2, -0.15) is 0 Å². The summed E-state index contributed by atoms with van der Waals surface area (Å²) in [7, 11) is 3.91. The van der Waals surface area contributed by atoms with Gasteiger partial charge >= 0.3 is 0 Å². The topological polar surface area (TPSA) is 59.5 Å². The number of halogens is 3. The lowest BCUT2D eigenvalue weighted by Gasteiger charge is -2.36. The van der Waals surface area contributed by atoms with E-state index in [0.29, 0.717) is 52.0 Å². The van der Waals surface area contributed by atoms with Gasteiger partial charge < -0.3 is 19.7 Å². The Kier molecular flexibility index (Phi) is 7.39. The molecule has 176 valence electrons. The first kappa shape index (κ1) is 24.1. The Hall–Kier alpha value is -1.99. The van der Waals surface area contributed by atoms with E-state index in [2.05, 4.69) is 27.2 Å². The number of nitrogens with zero attached hydrogens (tertiary/aromatic N) is 3. The van der Waals surface area contributed by atoms with Crippen LogP contribution in [-0.4, -0.2) is 47.7 Å². The Morgan fingerprint density at radius 3 is 2.48 bits per heavy atom. The van der Waals surface area contributed by atoms with Gasteiger partial charge in [0.1, 0.15) is 12.1 Å². The maximum atomic E-state index is 6.27. The number of hydrogen-bond acceptors (Lipinski definition) is 6. The molecule has 0 amide bonds. The molecule has 2 aromatic carbocycles. The van der Waals surface area contributed by atoms with Crippen LogP contribution in [0.4, 0.5) is 11.5 Å². The van der Waals surface area contributed by atoms with Crippen molar-refractivity contribution >= 4 is 58.0 Å². The van der Waals surface area contributed by atoms with E-state index in [1.54, 1.807) is 19.2 Å². The smallest absolute Gasteiger partial charge is 0.163 e. The number of aromatic nitrogens is 2. The van der Waals surface area contributed by atoms with Crippen molar-refractivity contribution in [3.8, 4) is 11.5 Å². The third kappa shape index (κ3) is 4.94. The Morgan fingerprint density at radius 1 is 1.03 bits per heavy atom. The monoisotopic (exact) mass is 508 g/mol. The molecule has 0 aliphatic carbocycles. The molecule has 0 unspecified atom stereocenters. The summed E-state index contributed by atoms with van der Waals surface area (Å²) in [6.45, 7) is 0.697. The van der Waals surface area contributed by atoms with Crippen LogP contribution in [-0.2, 0) is 0 Å². The van der Waals surface area contributed by atoms with Crippen molar-refractivity contribution in [1.82, 2.24) is 14.9 Å². The van der Waals surface area contributed by atoms with Gasteiger partial charge in [0.25, 0.3) is 0 Å². The summed E-state index contributed by atoms with van der Waals surface area (Å²) >= 11 is 12.2. The van der Waals surface area contributed by atoms with Crippen LogP contribution in [0.3, 0.4) is 0 Å². The van der Waals surface area contributed by atoms with Crippen molar-refractivity contribution in [2.24, 2.45) is 5.92 Å². The summed E-state index contributed by atoms with van der Waals surface area (Å²) < 4.78 is 11.9. The lowest BCUT2D eigenvalue weighted by molar-refractivity contribution is 0.101. The highest BCUT2D eigenvalue weighted by Gasteiger charge is 2.38. The molecule has 2 aliphatic rings. The Balaban J connectivity index is 0.00000259. The van der Waals surface area contributed by atoms with Crippen molar-refractivity contribution in [2.45, 2.75) is 37.8 Å². The van der Waals surface area contributed by atoms with Crippen molar-refractivity contribution in [2.75, 3.05) is 26.1 Å². The summed E-state index contributed by atoms with van der Waals surface area (Å²) in [5.41, 5.74) is 1.57. The van der Waals surface area contributed by atoms with Crippen molar-refractivity contribution in [3.05, 3.63) is 46.7 Å². The molecule has 0 radical (unpaired) electrons. The van der Waals surface area contributed by atoms with Crippen LogP contribution in [0.2, 0.25) is 10.0 Å². The molecule has 2 saturated heterocycles. The molecule has 6 nitrogen and oxygen atoms in total. The average Bonchev–Trinajstić information content (AvgIpc) is 2.99. The second kappa shape index (κ2) is 10.1. The summed E-state index contributed by atoms with van der Waals surface area (Å²) in [6, 6.07) is 10.6. The van der Waals surface area contributed by atoms with E-state index in [1.165, 1.54) is 32.0 Å². The number of nitrogens with one attached hydrogen (secondary N) is 1. The lowest BCUT2D eigenvalue weighted by atomic mass is 9.92. The molecule has 1 aromatic heterocycles. The normalized spacial score (nSPS) is 22.1. The second-order valence-electron chi connectivity index (χ2n) is 8.70. The summed E-state index contributed by atoms with van der Waals surface area (Å²) in [4.78, 5) is 11.4. The number of methoxy groups -OCH3 is 1. The summed E-state index contributed by atoms with van der Waals surface area (Å²) in [6.07, 6.45) is 6.55. The van der Waals surface area contributed by atoms with Crippen LogP contribution >= 0.6 is 35.6 Å². The molecule has 2 bridgehead atoms. The quantitative estimate of drug-likeness (QED) is 0.417. The molecule has 2 aliphatic heterocycles. The first-order chi connectivity index (χ1) is 15.5. The van der Waals surface area contributed by atoms with E-state index in [0.717, 1.165) is 16.6 Å². The Bertz CT molecular complexity index is 1130. The standard InChI is InChI=1S/C24H26Cl2N4O2.ClH/c1-30-16-4-5-17(30)8-14(7-16)12-32-23-11-21-18(10-22(23)31-2)24(28-13-27-21)29-15-3-6-19(25)20(26)9-15;/h3,6,9-11,13-14,16-17H,4-5,7-8,12H2,1-2H3,(H,27,28,29);1H/t14-,16+,17-;. The van der Waals surface area contributed by atoms with E-state index < -0.39 is 0 Å². The lowest BCUT2D eigenvalue weighted by Crippen LogP contribution is -2.41. The number of anilines is 2. The maximum absolute atomic E-state index is 6.27. The maximum Gasteiger partial charge on any atom is 0.163 e. The number of rotatable bonds is 6. The van der Waals surface area contributed by atoms with Gasteiger partial charge in [-0.1, -0.05) is 23.2 Å². The molecule has 33 heavy (non-hydrogen) atoms. The minimum atomic E-state index is 0. The molecule has 0 spiro atoms. The SMILES string of the molecule is COc1cc2c(Nc3ccc(Cl)c(Cl)c3)ncnc2cc1OC[C@H]1C[C@H]2CC[C@@H](C1)N2C.Cl. The first-order valence-corrected chi connectivity index (χ1v) is 11.7. The highest BCUT2D eigenvalue weighted by Crippen LogP contribution is 2.39. The van der Waals surface area contributed by atoms with Gasteiger partial charge in [0.05, 0.1) is 29.3 Å². The zero-order chi connectivity index (χ0) is 22.2. The second-order valence-corrected chi connectivity index (χ2v) is 9.51. The van der Waals surface area contributed by atoms with Gasteiger partial charge in [0, 0.05) is 29.2 Å². The van der Waals surface area contributed by atoms with Crippen LogP contribution in [0, 0.1) is 5.92 Å². The number of hydrogen-bond donors (Lipinski definition) is 1. The molecule has 1 N–H and O–H groups in total. The Labute approximate surface area is 210 Å². The molecule has 9 heteroatoms. The minimum absolute atomic E-state index is 0. The van der Waals surface area contributed by atoms with Crippen LogP contribution in [0.25, 0.3) is 10.9 Å². The van der Waals surface area contributed by atoms with Crippen LogP contribution in [0.15, 0.2) is 36.7 Å². The predicted molar refractivity (Wildman–Crippen MR) is 136 cm³/mol. The van der Waals surface area contributed by atoms with E-state index in [4.69, 9.17) is 32.7 Å². The number of fused-ring (bicyclic) bond motifs is 3. The predicted octanol–water partition coefficient (Wildman–Crippen LogP) is 6.36. The third-order valence-electron chi connectivity index (χ3n) is 6.77. The Morgan fingerprint density at radius 2 is 1.79 bits per heavy atom. The minimum Gasteiger partial charge on any atom is -0.493 e. The largest absolute Gasteiger partial charge is 0.493 e. The molecular formula is C24H27Cl3N4O2. The van der Waals surface area contributed by atoms with Gasteiger partial charge in [-0.3, -0.25) is 0 Å². The highest BCUT2D eigenvalue weighted by molar-refractivity contribution is 6.42. The van der Waals surface area contributed by atoms with Gasteiger partial charge in [0.15, 0.2) is 11.5 Å². The van der Waals surface area contributed by atoms with E-state index in [9.17, 15) is 0 Å². The van der Waals surface area contributed by atoms with Crippen molar-refractivity contribution < 1.29 is 9.47 Å². The van der Waals surface area contributed by atoms with Crippen LogP contribution < -0.4 is 14.8 Å².